The van der Waals surface area contributed by atoms with Gasteiger partial charge in [-0.15, -0.1) is 0 Å². The number of hydrogen-bond donors (Lipinski definition) is 4. The first-order valence-corrected chi connectivity index (χ1v) is 8.29. The molecule has 6 N–H and O–H groups in total. The standard InChI is InChI=1S/C9H15N5.C7H10.C4H6.CH5N/c1-3-12-5-6-14-8(7-10)9(11)13-4-2;1-3-5-7-6-4-2;1-3-4-2;1-2/h3,5-6,9,12-13H,1,4,11H2,2H3;3-7H,1H2,2H3;3-4H,1-2H2;2H2,1H3/b6-5-,14-8?;6-4+,7-5-;;. The van der Waals surface area contributed by atoms with Gasteiger partial charge in [-0.3, -0.25) is 5.32 Å². The largest absolute Gasteiger partial charge is 0.367 e. The molecule has 0 aromatic carbocycles. The lowest BCUT2D eigenvalue weighted by Crippen LogP contribution is -2.43. The van der Waals surface area contributed by atoms with Crippen LogP contribution < -0.4 is 22.1 Å². The van der Waals surface area contributed by atoms with Crippen molar-refractivity contribution in [2.75, 3.05) is 13.6 Å². The molecule has 0 aromatic rings. The molecular formula is C21H36N6. The summed E-state index contributed by atoms with van der Waals surface area (Å²) >= 11 is 0. The van der Waals surface area contributed by atoms with Crippen molar-refractivity contribution in [1.29, 1.82) is 5.26 Å². The quantitative estimate of drug-likeness (QED) is 0.282. The van der Waals surface area contributed by atoms with Crippen LogP contribution in [0.3, 0.4) is 0 Å². The van der Waals surface area contributed by atoms with Gasteiger partial charge in [0.2, 0.25) is 0 Å². The van der Waals surface area contributed by atoms with Gasteiger partial charge in [0, 0.05) is 12.4 Å². The minimum absolute atomic E-state index is 0.244. The summed E-state index contributed by atoms with van der Waals surface area (Å²) in [7, 11) is 1.50. The number of nitrogens with one attached hydrogen (secondary N) is 2. The Morgan fingerprint density at radius 3 is 2.07 bits per heavy atom. The van der Waals surface area contributed by atoms with E-state index < -0.39 is 6.17 Å². The number of allylic oxidation sites excluding steroid dienone is 7. The molecule has 1 unspecified atom stereocenters. The predicted octanol–water partition coefficient (Wildman–Crippen LogP) is 3.29. The van der Waals surface area contributed by atoms with Crippen LogP contribution in [0.2, 0.25) is 0 Å². The maximum absolute atomic E-state index is 8.70. The highest BCUT2D eigenvalue weighted by atomic mass is 15.0. The smallest absolute Gasteiger partial charge is 0.148 e. The number of nitrogens with two attached hydrogens (primary N) is 2. The molecule has 0 saturated heterocycles. The Labute approximate surface area is 165 Å². The highest BCUT2D eigenvalue weighted by molar-refractivity contribution is 6.02. The van der Waals surface area contributed by atoms with Crippen LogP contribution in [0, 0.1) is 11.3 Å². The third-order valence-electron chi connectivity index (χ3n) is 2.05. The number of aliphatic imine (C=N–C) groups is 1. The lowest BCUT2D eigenvalue weighted by molar-refractivity contribution is 0.667. The second-order valence-corrected chi connectivity index (χ2v) is 3.97. The highest BCUT2D eigenvalue weighted by Crippen LogP contribution is 1.83. The molecule has 0 aliphatic heterocycles. The Kier molecular flexibility index (Phi) is 40.4. The second-order valence-electron chi connectivity index (χ2n) is 3.97. The maximum Gasteiger partial charge on any atom is 0.148 e. The van der Waals surface area contributed by atoms with Crippen LogP contribution in [0.4, 0.5) is 0 Å². The van der Waals surface area contributed by atoms with E-state index in [0.29, 0.717) is 6.54 Å². The van der Waals surface area contributed by atoms with Gasteiger partial charge >= 0.3 is 0 Å². The summed E-state index contributed by atoms with van der Waals surface area (Å²) in [5.41, 5.74) is 10.4. The molecule has 0 saturated carbocycles. The minimum Gasteiger partial charge on any atom is -0.367 e. The number of hydrogen-bond acceptors (Lipinski definition) is 6. The Bertz CT molecular complexity index is 501. The Morgan fingerprint density at radius 2 is 1.70 bits per heavy atom. The van der Waals surface area contributed by atoms with Crippen molar-refractivity contribution in [3.05, 3.63) is 87.4 Å². The summed E-state index contributed by atoms with van der Waals surface area (Å²) in [4.78, 5) is 3.88. The zero-order chi connectivity index (χ0) is 21.8. The number of nitriles is 1. The van der Waals surface area contributed by atoms with Crippen molar-refractivity contribution >= 4 is 5.71 Å². The van der Waals surface area contributed by atoms with Gasteiger partial charge in [0.15, 0.2) is 0 Å². The third-order valence-corrected chi connectivity index (χ3v) is 2.05. The van der Waals surface area contributed by atoms with Gasteiger partial charge in [0.25, 0.3) is 0 Å². The topological polar surface area (TPSA) is 112 Å². The van der Waals surface area contributed by atoms with E-state index in [-0.39, 0.29) is 5.71 Å². The van der Waals surface area contributed by atoms with Gasteiger partial charge in [-0.2, -0.15) is 5.26 Å². The lowest BCUT2D eigenvalue weighted by Gasteiger charge is -2.08. The van der Waals surface area contributed by atoms with Gasteiger partial charge in [-0.1, -0.05) is 75.8 Å². The van der Waals surface area contributed by atoms with Gasteiger partial charge < -0.3 is 16.8 Å². The molecule has 0 heterocycles. The van der Waals surface area contributed by atoms with Crippen molar-refractivity contribution in [3.63, 3.8) is 0 Å². The fourth-order valence-corrected chi connectivity index (χ4v) is 0.978. The van der Waals surface area contributed by atoms with Crippen LogP contribution >= 0.6 is 0 Å². The van der Waals surface area contributed by atoms with E-state index in [4.69, 9.17) is 11.0 Å². The molecule has 0 rings (SSSR count). The zero-order valence-electron chi connectivity index (χ0n) is 16.9. The minimum atomic E-state index is -0.515. The van der Waals surface area contributed by atoms with Gasteiger partial charge in [-0.05, 0) is 26.7 Å². The van der Waals surface area contributed by atoms with Crippen LogP contribution in [-0.2, 0) is 0 Å². The average molecular weight is 373 g/mol. The average Bonchev–Trinajstić information content (AvgIpc) is 2.71. The lowest BCUT2D eigenvalue weighted by atomic mass is 10.3. The molecule has 150 valence electrons. The monoisotopic (exact) mass is 372 g/mol. The predicted molar refractivity (Wildman–Crippen MR) is 122 cm³/mol. The fourth-order valence-electron chi connectivity index (χ4n) is 0.978. The number of rotatable bonds is 9. The maximum atomic E-state index is 8.70. The van der Waals surface area contributed by atoms with Gasteiger partial charge in [-0.25, -0.2) is 4.99 Å². The first-order valence-electron chi connectivity index (χ1n) is 8.29. The van der Waals surface area contributed by atoms with Crippen LogP contribution in [0.15, 0.2) is 92.4 Å². The Hall–Kier alpha value is -2.98. The molecule has 6 heteroatoms. The fraction of sp³-hybridized carbons (Fsp3) is 0.238. The van der Waals surface area contributed by atoms with E-state index in [0.717, 1.165) is 0 Å². The van der Waals surface area contributed by atoms with Crippen LogP contribution in [0.25, 0.3) is 0 Å². The van der Waals surface area contributed by atoms with E-state index in [9.17, 15) is 0 Å². The normalized spacial score (nSPS) is 10.9. The molecule has 0 bridgehead atoms. The summed E-state index contributed by atoms with van der Waals surface area (Å²) in [6.45, 7) is 18.3. The molecule has 0 fully saturated rings. The number of nitrogens with zero attached hydrogens (tertiary/aromatic N) is 2. The molecule has 27 heavy (non-hydrogen) atoms. The molecule has 6 nitrogen and oxygen atoms in total. The summed E-state index contributed by atoms with van der Waals surface area (Å²) in [6, 6.07) is 1.92. The molecule has 0 aliphatic carbocycles. The Morgan fingerprint density at radius 1 is 1.11 bits per heavy atom. The van der Waals surface area contributed by atoms with E-state index in [2.05, 4.69) is 47.7 Å². The van der Waals surface area contributed by atoms with Gasteiger partial charge in [0.1, 0.15) is 17.9 Å². The third kappa shape index (κ3) is 35.1. The first kappa shape index (κ1) is 31.8. The summed E-state index contributed by atoms with van der Waals surface area (Å²) in [6.07, 6.45) is 16.8. The summed E-state index contributed by atoms with van der Waals surface area (Å²) in [5, 5.41) is 14.3. The van der Waals surface area contributed by atoms with Crippen molar-refractivity contribution < 1.29 is 0 Å². The molecule has 0 amide bonds. The van der Waals surface area contributed by atoms with Crippen LogP contribution in [0.5, 0.6) is 0 Å². The van der Waals surface area contributed by atoms with E-state index in [1.54, 1.807) is 24.4 Å². The van der Waals surface area contributed by atoms with Crippen molar-refractivity contribution in [1.82, 2.24) is 10.6 Å². The van der Waals surface area contributed by atoms with Gasteiger partial charge in [0.05, 0.1) is 0 Å². The molecule has 0 aliphatic rings. The Balaban J connectivity index is -0.000000169. The molecule has 0 radical (unpaired) electrons. The molecule has 0 aromatic heterocycles. The molecule has 0 spiro atoms. The molecule has 1 atom stereocenters. The second kappa shape index (κ2) is 34.4. The summed E-state index contributed by atoms with van der Waals surface area (Å²) < 4.78 is 0. The van der Waals surface area contributed by atoms with Crippen molar-refractivity contribution in [2.45, 2.75) is 20.0 Å². The summed E-state index contributed by atoms with van der Waals surface area (Å²) in [5.74, 6) is 0. The van der Waals surface area contributed by atoms with E-state index in [1.165, 1.54) is 19.4 Å². The van der Waals surface area contributed by atoms with E-state index in [1.807, 2.05) is 44.2 Å². The molecular weight excluding hydrogens is 336 g/mol. The SMILES string of the molecule is C=C/C=C\C=C\C.C=CC=C.C=CN/C=C\N=C(C#N)C(N)NCC.CN. The highest BCUT2D eigenvalue weighted by Gasteiger charge is 2.06. The van der Waals surface area contributed by atoms with Crippen LogP contribution in [0.1, 0.15) is 13.8 Å². The van der Waals surface area contributed by atoms with Crippen LogP contribution in [-0.4, -0.2) is 25.5 Å². The van der Waals surface area contributed by atoms with Crippen molar-refractivity contribution in [3.8, 4) is 6.07 Å². The first-order chi connectivity index (χ1) is 13.1. The van der Waals surface area contributed by atoms with E-state index >= 15 is 0 Å². The van der Waals surface area contributed by atoms with Crippen molar-refractivity contribution in [2.24, 2.45) is 16.5 Å². The zero-order valence-corrected chi connectivity index (χ0v) is 16.9.